The Morgan fingerprint density at radius 3 is 2.91 bits per heavy atom. The molecule has 0 N–H and O–H groups in total. The second-order valence-electron chi connectivity index (χ2n) is 7.05. The summed E-state index contributed by atoms with van der Waals surface area (Å²) in [6, 6.07) is 3.10. The van der Waals surface area contributed by atoms with Crippen LogP contribution >= 0.6 is 15.9 Å². The van der Waals surface area contributed by atoms with Crippen molar-refractivity contribution in [3.63, 3.8) is 0 Å². The number of halogens is 2. The van der Waals surface area contributed by atoms with Crippen molar-refractivity contribution in [3.05, 3.63) is 34.3 Å². The monoisotopic (exact) mass is 379 g/mol. The van der Waals surface area contributed by atoms with Gasteiger partial charge in [-0.3, -0.25) is 9.67 Å². The van der Waals surface area contributed by atoms with E-state index in [4.69, 9.17) is 9.84 Å². The zero-order chi connectivity index (χ0) is 16.0. The summed E-state index contributed by atoms with van der Waals surface area (Å²) in [5.74, 6) is 0.364. The SMILES string of the molecule is C[C@]1(CC2COC2)CCc2c(Br)c(-c3ccc(F)cn3)nn2C1. The average Bonchev–Trinajstić information content (AvgIpc) is 2.80. The number of nitrogens with zero attached hydrogens (tertiary/aromatic N) is 3. The quantitative estimate of drug-likeness (QED) is 0.813. The molecule has 0 aliphatic carbocycles. The van der Waals surface area contributed by atoms with Crippen LogP contribution in [0, 0.1) is 17.2 Å². The predicted molar refractivity (Wildman–Crippen MR) is 88.5 cm³/mol. The van der Waals surface area contributed by atoms with Crippen molar-refractivity contribution < 1.29 is 9.13 Å². The molecule has 2 aliphatic rings. The van der Waals surface area contributed by atoms with Crippen LogP contribution < -0.4 is 0 Å². The van der Waals surface area contributed by atoms with E-state index in [1.807, 2.05) is 0 Å². The zero-order valence-electron chi connectivity index (χ0n) is 13.1. The third-order valence-corrected chi connectivity index (χ3v) is 5.78. The number of fused-ring (bicyclic) bond motifs is 1. The van der Waals surface area contributed by atoms with Gasteiger partial charge in [0.25, 0.3) is 0 Å². The Morgan fingerprint density at radius 2 is 2.26 bits per heavy atom. The van der Waals surface area contributed by atoms with E-state index in [2.05, 4.69) is 32.5 Å². The Hall–Kier alpha value is -1.27. The molecule has 0 bridgehead atoms. The molecule has 0 spiro atoms. The summed E-state index contributed by atoms with van der Waals surface area (Å²) in [5.41, 5.74) is 2.99. The fourth-order valence-electron chi connectivity index (χ4n) is 3.65. The van der Waals surface area contributed by atoms with Crippen molar-refractivity contribution >= 4 is 15.9 Å². The first-order valence-corrected chi connectivity index (χ1v) is 8.78. The molecular weight excluding hydrogens is 361 g/mol. The average molecular weight is 380 g/mol. The molecule has 2 aromatic heterocycles. The van der Waals surface area contributed by atoms with E-state index < -0.39 is 0 Å². The van der Waals surface area contributed by atoms with E-state index in [9.17, 15) is 4.39 Å². The van der Waals surface area contributed by atoms with Crippen molar-refractivity contribution in [2.75, 3.05) is 13.2 Å². The molecule has 122 valence electrons. The summed E-state index contributed by atoms with van der Waals surface area (Å²) < 4.78 is 21.5. The van der Waals surface area contributed by atoms with E-state index in [1.165, 1.54) is 24.4 Å². The van der Waals surface area contributed by atoms with Gasteiger partial charge in [-0.2, -0.15) is 5.10 Å². The molecule has 6 heteroatoms. The lowest BCUT2D eigenvalue weighted by molar-refractivity contribution is -0.0574. The molecule has 23 heavy (non-hydrogen) atoms. The van der Waals surface area contributed by atoms with Crippen LogP contribution in [0.3, 0.4) is 0 Å². The fraction of sp³-hybridized carbons (Fsp3) is 0.529. The van der Waals surface area contributed by atoms with Crippen LogP contribution in [-0.2, 0) is 17.7 Å². The standard InChI is InChI=1S/C17H19BrFN3O/c1-17(6-11-8-23-9-11)5-4-14-15(18)16(21-22(14)10-17)13-3-2-12(19)7-20-13/h2-3,7,11H,4-6,8-10H2,1H3/t17-/m1/s1. The van der Waals surface area contributed by atoms with Crippen molar-refractivity contribution in [1.29, 1.82) is 0 Å². The number of aromatic nitrogens is 3. The van der Waals surface area contributed by atoms with Gasteiger partial charge in [0.1, 0.15) is 11.5 Å². The summed E-state index contributed by atoms with van der Waals surface area (Å²) in [7, 11) is 0. The molecule has 2 aliphatic heterocycles. The van der Waals surface area contributed by atoms with Gasteiger partial charge in [-0.25, -0.2) is 4.39 Å². The maximum atomic E-state index is 13.1. The van der Waals surface area contributed by atoms with Gasteiger partial charge in [-0.1, -0.05) is 6.92 Å². The predicted octanol–water partition coefficient (Wildman–Crippen LogP) is 3.84. The smallest absolute Gasteiger partial charge is 0.141 e. The Kier molecular flexibility index (Phi) is 3.76. The molecule has 4 nitrogen and oxygen atoms in total. The van der Waals surface area contributed by atoms with E-state index in [0.29, 0.717) is 11.6 Å². The largest absolute Gasteiger partial charge is 0.381 e. The highest BCUT2D eigenvalue weighted by Crippen LogP contribution is 2.42. The summed E-state index contributed by atoms with van der Waals surface area (Å²) in [6.07, 6.45) is 4.58. The number of hydrogen-bond donors (Lipinski definition) is 0. The topological polar surface area (TPSA) is 39.9 Å². The van der Waals surface area contributed by atoms with Gasteiger partial charge < -0.3 is 4.74 Å². The van der Waals surface area contributed by atoms with Crippen LogP contribution in [-0.4, -0.2) is 28.0 Å². The summed E-state index contributed by atoms with van der Waals surface area (Å²) in [4.78, 5) is 4.16. The summed E-state index contributed by atoms with van der Waals surface area (Å²) in [5, 5.41) is 4.75. The highest BCUT2D eigenvalue weighted by molar-refractivity contribution is 9.10. The van der Waals surface area contributed by atoms with Crippen molar-refractivity contribution in [1.82, 2.24) is 14.8 Å². The number of pyridine rings is 1. The first kappa shape index (κ1) is 15.3. The van der Waals surface area contributed by atoms with E-state index in [0.717, 1.165) is 42.8 Å². The number of hydrogen-bond acceptors (Lipinski definition) is 3. The molecule has 0 unspecified atom stereocenters. The molecule has 1 fully saturated rings. The minimum Gasteiger partial charge on any atom is -0.381 e. The van der Waals surface area contributed by atoms with Gasteiger partial charge in [-0.15, -0.1) is 0 Å². The van der Waals surface area contributed by atoms with E-state index >= 15 is 0 Å². The second-order valence-corrected chi connectivity index (χ2v) is 7.84. The lowest BCUT2D eigenvalue weighted by Gasteiger charge is -2.39. The lowest BCUT2D eigenvalue weighted by Crippen LogP contribution is -2.38. The second kappa shape index (κ2) is 5.67. The third-order valence-electron chi connectivity index (χ3n) is 4.95. The number of ether oxygens (including phenoxy) is 1. The molecule has 0 amide bonds. The van der Waals surface area contributed by atoms with Gasteiger partial charge >= 0.3 is 0 Å². The van der Waals surface area contributed by atoms with Gasteiger partial charge in [0.15, 0.2) is 0 Å². The Labute approximate surface area is 143 Å². The Morgan fingerprint density at radius 1 is 1.43 bits per heavy atom. The highest BCUT2D eigenvalue weighted by atomic mass is 79.9. The van der Waals surface area contributed by atoms with Gasteiger partial charge in [0, 0.05) is 12.5 Å². The zero-order valence-corrected chi connectivity index (χ0v) is 14.6. The van der Waals surface area contributed by atoms with Crippen molar-refractivity contribution in [2.24, 2.45) is 11.3 Å². The maximum absolute atomic E-state index is 13.1. The maximum Gasteiger partial charge on any atom is 0.141 e. The summed E-state index contributed by atoms with van der Waals surface area (Å²) in [6.45, 7) is 5.06. The highest BCUT2D eigenvalue weighted by Gasteiger charge is 2.36. The minimum absolute atomic E-state index is 0.264. The van der Waals surface area contributed by atoms with Gasteiger partial charge in [0.2, 0.25) is 0 Å². The van der Waals surface area contributed by atoms with Crippen LogP contribution in [0.5, 0.6) is 0 Å². The van der Waals surface area contributed by atoms with E-state index in [-0.39, 0.29) is 11.2 Å². The molecule has 1 atom stereocenters. The van der Waals surface area contributed by atoms with Gasteiger partial charge in [0.05, 0.1) is 35.3 Å². The van der Waals surface area contributed by atoms with Crippen LogP contribution in [0.15, 0.2) is 22.8 Å². The molecule has 0 aromatic carbocycles. The van der Waals surface area contributed by atoms with Crippen LogP contribution in [0.4, 0.5) is 4.39 Å². The Bertz CT molecular complexity index is 726. The minimum atomic E-state index is -0.330. The molecule has 4 heterocycles. The third kappa shape index (κ3) is 2.83. The van der Waals surface area contributed by atoms with Crippen LogP contribution in [0.1, 0.15) is 25.5 Å². The molecule has 4 rings (SSSR count). The fourth-order valence-corrected chi connectivity index (χ4v) is 4.34. The summed E-state index contributed by atoms with van der Waals surface area (Å²) >= 11 is 3.67. The van der Waals surface area contributed by atoms with Crippen molar-refractivity contribution in [2.45, 2.75) is 32.7 Å². The molecule has 2 aromatic rings. The molecule has 0 radical (unpaired) electrons. The first-order valence-electron chi connectivity index (χ1n) is 7.99. The molecule has 1 saturated heterocycles. The van der Waals surface area contributed by atoms with E-state index in [1.54, 1.807) is 6.07 Å². The first-order chi connectivity index (χ1) is 11.0. The Balaban J connectivity index is 1.62. The van der Waals surface area contributed by atoms with Crippen LogP contribution in [0.2, 0.25) is 0 Å². The molecule has 0 saturated carbocycles. The van der Waals surface area contributed by atoms with Gasteiger partial charge in [-0.05, 0) is 52.7 Å². The lowest BCUT2D eigenvalue weighted by atomic mass is 9.75. The van der Waals surface area contributed by atoms with Crippen LogP contribution in [0.25, 0.3) is 11.4 Å². The molecular formula is C17H19BrFN3O. The number of rotatable bonds is 3. The normalized spacial score (nSPS) is 24.3. The van der Waals surface area contributed by atoms with Crippen molar-refractivity contribution in [3.8, 4) is 11.4 Å².